The molecule has 1 unspecified atom stereocenters. The highest BCUT2D eigenvalue weighted by molar-refractivity contribution is 7.89. The van der Waals surface area contributed by atoms with Crippen LogP contribution in [0.25, 0.3) is 5.82 Å². The van der Waals surface area contributed by atoms with E-state index >= 15 is 0 Å². The maximum absolute atomic E-state index is 13.5. The van der Waals surface area contributed by atoms with Gasteiger partial charge in [-0.05, 0) is 82.2 Å². The van der Waals surface area contributed by atoms with Gasteiger partial charge >= 0.3 is 0 Å². The summed E-state index contributed by atoms with van der Waals surface area (Å²) in [6.07, 6.45) is 11.2. The molecular formula is C22H31N5O2S. The molecule has 2 bridgehead atoms. The van der Waals surface area contributed by atoms with Crippen molar-refractivity contribution in [3.63, 3.8) is 0 Å². The normalized spacial score (nSPS) is 28.8. The smallest absolute Gasteiger partial charge is 0.246 e. The Morgan fingerprint density at radius 3 is 2.40 bits per heavy atom. The van der Waals surface area contributed by atoms with Crippen LogP contribution in [-0.2, 0) is 10.0 Å². The van der Waals surface area contributed by atoms with Gasteiger partial charge in [0.05, 0.1) is 12.4 Å². The molecule has 5 rings (SSSR count). The fourth-order valence-electron chi connectivity index (χ4n) is 5.52. The van der Waals surface area contributed by atoms with Crippen molar-refractivity contribution < 1.29 is 8.42 Å². The van der Waals surface area contributed by atoms with E-state index < -0.39 is 10.0 Å². The maximum atomic E-state index is 13.5. The van der Waals surface area contributed by atoms with E-state index in [0.717, 1.165) is 50.3 Å². The van der Waals surface area contributed by atoms with Gasteiger partial charge in [0, 0.05) is 24.3 Å². The molecule has 3 fully saturated rings. The van der Waals surface area contributed by atoms with Gasteiger partial charge in [-0.25, -0.2) is 18.1 Å². The number of fused-ring (bicyclic) bond motifs is 2. The van der Waals surface area contributed by atoms with E-state index in [1.54, 1.807) is 21.4 Å². The molecule has 3 aliphatic rings. The minimum absolute atomic E-state index is 0.110. The summed E-state index contributed by atoms with van der Waals surface area (Å²) in [7, 11) is -3.55. The number of nitrogens with zero attached hydrogens (tertiary/aromatic N) is 5. The summed E-state index contributed by atoms with van der Waals surface area (Å²) in [5, 5.41) is 4.29. The van der Waals surface area contributed by atoms with Crippen LogP contribution in [0.5, 0.6) is 0 Å². The Kier molecular flexibility index (Phi) is 5.19. The maximum Gasteiger partial charge on any atom is 0.246 e. The number of piperidine rings is 2. The molecule has 0 saturated carbocycles. The molecule has 7 nitrogen and oxygen atoms in total. The van der Waals surface area contributed by atoms with Gasteiger partial charge in [-0.15, -0.1) is 0 Å². The van der Waals surface area contributed by atoms with Crippen LogP contribution in [0.4, 0.5) is 0 Å². The molecular weight excluding hydrogens is 398 g/mol. The molecule has 8 heteroatoms. The number of pyridine rings is 1. The average Bonchev–Trinajstić information content (AvgIpc) is 3.33. The third kappa shape index (κ3) is 3.59. The van der Waals surface area contributed by atoms with E-state index in [-0.39, 0.29) is 17.0 Å². The molecule has 0 N–H and O–H groups in total. The fourth-order valence-corrected chi connectivity index (χ4v) is 7.35. The topological polar surface area (TPSA) is 71.3 Å². The quantitative estimate of drug-likeness (QED) is 0.747. The summed E-state index contributed by atoms with van der Waals surface area (Å²) in [5.74, 6) is 1.45. The van der Waals surface area contributed by atoms with Gasteiger partial charge in [-0.1, -0.05) is 6.92 Å². The Labute approximate surface area is 179 Å². The Morgan fingerprint density at radius 1 is 1.03 bits per heavy atom. The highest BCUT2D eigenvalue weighted by atomic mass is 32.2. The van der Waals surface area contributed by atoms with Crippen molar-refractivity contribution >= 4 is 10.0 Å². The third-order valence-electron chi connectivity index (χ3n) is 7.25. The average molecular weight is 430 g/mol. The van der Waals surface area contributed by atoms with Crippen LogP contribution in [0.2, 0.25) is 0 Å². The predicted molar refractivity (Wildman–Crippen MR) is 115 cm³/mol. The molecule has 3 aliphatic heterocycles. The van der Waals surface area contributed by atoms with Crippen molar-refractivity contribution in [2.45, 2.75) is 75.4 Å². The molecule has 0 amide bonds. The predicted octanol–water partition coefficient (Wildman–Crippen LogP) is 2.99. The lowest BCUT2D eigenvalue weighted by atomic mass is 9.93. The van der Waals surface area contributed by atoms with Crippen LogP contribution < -0.4 is 0 Å². The van der Waals surface area contributed by atoms with E-state index in [0.29, 0.717) is 11.9 Å². The van der Waals surface area contributed by atoms with Crippen molar-refractivity contribution in [2.24, 2.45) is 5.92 Å². The largest absolute Gasteiger partial charge is 0.300 e. The first-order chi connectivity index (χ1) is 14.4. The second kappa shape index (κ2) is 7.73. The Hall–Kier alpha value is -1.77. The van der Waals surface area contributed by atoms with Crippen molar-refractivity contribution in [3.8, 4) is 5.82 Å². The van der Waals surface area contributed by atoms with Gasteiger partial charge in [0.1, 0.15) is 4.90 Å². The number of hydrogen-bond donors (Lipinski definition) is 0. The minimum atomic E-state index is -3.55. The molecule has 0 spiro atoms. The van der Waals surface area contributed by atoms with Gasteiger partial charge in [-0.3, -0.25) is 0 Å². The molecule has 2 aromatic heterocycles. The van der Waals surface area contributed by atoms with Gasteiger partial charge in [0.15, 0.2) is 5.82 Å². The van der Waals surface area contributed by atoms with Crippen LogP contribution in [0.1, 0.15) is 51.0 Å². The Bertz CT molecular complexity index is 998. The number of likely N-dealkylation sites (tertiary alicyclic amines) is 1. The summed E-state index contributed by atoms with van der Waals surface area (Å²) < 4.78 is 30.4. The number of aromatic nitrogens is 3. The van der Waals surface area contributed by atoms with Crippen LogP contribution >= 0.6 is 0 Å². The lowest BCUT2D eigenvalue weighted by molar-refractivity contribution is 0.0759. The molecule has 0 radical (unpaired) electrons. The monoisotopic (exact) mass is 429 g/mol. The standard InChI is InChI=1S/C22H31N5O2S/c1-16-6-9-25(10-7-16)20-12-18-3-4-19(13-20)27(18)30(28,29)21-14-24-26(15-21)22-11-17(2)5-8-23-22/h5,8,11,14-16,18-20H,3-4,6-7,9-10,12-13H2,1-2H3/t18-,19+,20?. The van der Waals surface area contributed by atoms with E-state index in [1.165, 1.54) is 19.0 Å². The molecule has 3 saturated heterocycles. The fraction of sp³-hybridized carbons (Fsp3) is 0.636. The molecule has 2 aromatic rings. The molecule has 5 heterocycles. The number of aryl methyl sites for hydroxylation is 1. The highest BCUT2D eigenvalue weighted by Crippen LogP contribution is 2.41. The molecule has 0 aliphatic carbocycles. The first-order valence-electron chi connectivity index (χ1n) is 11.2. The Balaban J connectivity index is 1.35. The summed E-state index contributed by atoms with van der Waals surface area (Å²) in [6.45, 7) is 6.64. The van der Waals surface area contributed by atoms with Crippen molar-refractivity contribution in [1.29, 1.82) is 0 Å². The molecule has 30 heavy (non-hydrogen) atoms. The molecule has 162 valence electrons. The zero-order valence-electron chi connectivity index (χ0n) is 17.8. The summed E-state index contributed by atoms with van der Waals surface area (Å²) in [5.41, 5.74) is 1.06. The van der Waals surface area contributed by atoms with E-state index in [4.69, 9.17) is 0 Å². The molecule has 0 aromatic carbocycles. The lowest BCUT2D eigenvalue weighted by Gasteiger charge is -2.44. The van der Waals surface area contributed by atoms with Gasteiger partial charge < -0.3 is 4.90 Å². The SMILES string of the molecule is Cc1ccnc(-n2cc(S(=O)(=O)N3[C@@H]4CC[C@H]3CC(N3CCC(C)CC3)C4)cn2)c1. The van der Waals surface area contributed by atoms with Crippen LogP contribution in [0.15, 0.2) is 35.6 Å². The zero-order valence-corrected chi connectivity index (χ0v) is 18.6. The van der Waals surface area contributed by atoms with Crippen molar-refractivity contribution in [1.82, 2.24) is 24.0 Å². The second-order valence-corrected chi connectivity index (χ2v) is 11.2. The zero-order chi connectivity index (χ0) is 20.9. The first kappa shape index (κ1) is 20.2. The van der Waals surface area contributed by atoms with Gasteiger partial charge in [0.2, 0.25) is 10.0 Å². The third-order valence-corrected chi connectivity index (χ3v) is 9.20. The Morgan fingerprint density at radius 2 is 1.73 bits per heavy atom. The van der Waals surface area contributed by atoms with E-state index in [2.05, 4.69) is 21.9 Å². The van der Waals surface area contributed by atoms with Gasteiger partial charge in [0.25, 0.3) is 0 Å². The van der Waals surface area contributed by atoms with E-state index in [9.17, 15) is 8.42 Å². The number of sulfonamides is 1. The second-order valence-electron chi connectivity index (χ2n) is 9.38. The number of hydrogen-bond acceptors (Lipinski definition) is 5. The highest BCUT2D eigenvalue weighted by Gasteiger charge is 2.48. The van der Waals surface area contributed by atoms with E-state index in [1.807, 2.05) is 19.1 Å². The minimum Gasteiger partial charge on any atom is -0.300 e. The summed E-state index contributed by atoms with van der Waals surface area (Å²) in [6, 6.07) is 4.56. The van der Waals surface area contributed by atoms with Crippen LogP contribution in [-0.4, -0.2) is 63.6 Å². The summed E-state index contributed by atoms with van der Waals surface area (Å²) >= 11 is 0. The summed E-state index contributed by atoms with van der Waals surface area (Å²) in [4.78, 5) is 7.21. The van der Waals surface area contributed by atoms with Crippen LogP contribution in [0.3, 0.4) is 0 Å². The van der Waals surface area contributed by atoms with Crippen molar-refractivity contribution in [2.75, 3.05) is 13.1 Å². The number of rotatable bonds is 4. The lowest BCUT2D eigenvalue weighted by Crippen LogP contribution is -2.53. The van der Waals surface area contributed by atoms with Crippen LogP contribution in [0, 0.1) is 12.8 Å². The molecule has 3 atom stereocenters. The van der Waals surface area contributed by atoms with Gasteiger partial charge in [-0.2, -0.15) is 9.40 Å². The first-order valence-corrected chi connectivity index (χ1v) is 12.6. The van der Waals surface area contributed by atoms with Crippen molar-refractivity contribution in [3.05, 3.63) is 36.3 Å².